The van der Waals surface area contributed by atoms with Crippen molar-refractivity contribution in [3.8, 4) is 11.3 Å². The summed E-state index contributed by atoms with van der Waals surface area (Å²) in [6.45, 7) is 4.89. The number of halogens is 1. The van der Waals surface area contributed by atoms with Crippen LogP contribution in [0.3, 0.4) is 0 Å². The average Bonchev–Trinajstić information content (AvgIpc) is 2.74. The van der Waals surface area contributed by atoms with Gasteiger partial charge in [-0.1, -0.05) is 36.4 Å². The molecule has 1 saturated heterocycles. The number of hydrogen-bond donors (Lipinski definition) is 1. The molecule has 4 nitrogen and oxygen atoms in total. The summed E-state index contributed by atoms with van der Waals surface area (Å²) in [6.07, 6.45) is 0.710. The molecule has 0 saturated carbocycles. The van der Waals surface area contributed by atoms with Gasteiger partial charge in [0.25, 0.3) is 0 Å². The van der Waals surface area contributed by atoms with Crippen LogP contribution < -0.4 is 10.6 Å². The number of hydrogen-bond acceptors (Lipinski definition) is 4. The Bertz CT molecular complexity index is 921. The molecule has 1 aromatic heterocycles. The van der Waals surface area contributed by atoms with E-state index >= 15 is 0 Å². The first-order valence-corrected chi connectivity index (χ1v) is 9.73. The molecular formula is C23H25FN4. The molecule has 4 rings (SSSR count). The smallest absolute Gasteiger partial charge is 0.127 e. The van der Waals surface area contributed by atoms with Crippen LogP contribution in [0.25, 0.3) is 11.3 Å². The van der Waals surface area contributed by atoms with Crippen molar-refractivity contribution in [3.63, 3.8) is 0 Å². The SMILES string of the molecule is Nc1cccc(-c2ccc(CCN3CCN(c4ccccc4)CC3)c(F)c2)n1. The molecule has 0 unspecified atom stereocenters. The summed E-state index contributed by atoms with van der Waals surface area (Å²) < 4.78 is 14.6. The van der Waals surface area contributed by atoms with Gasteiger partial charge in [-0.25, -0.2) is 9.37 Å². The van der Waals surface area contributed by atoms with Crippen LogP contribution in [0.4, 0.5) is 15.9 Å². The van der Waals surface area contributed by atoms with E-state index in [-0.39, 0.29) is 5.82 Å². The van der Waals surface area contributed by atoms with Crippen molar-refractivity contribution >= 4 is 11.5 Å². The number of nitrogens with zero attached hydrogens (tertiary/aromatic N) is 3. The van der Waals surface area contributed by atoms with Crippen molar-refractivity contribution in [3.05, 3.63) is 78.1 Å². The van der Waals surface area contributed by atoms with Gasteiger partial charge in [0.2, 0.25) is 0 Å². The highest BCUT2D eigenvalue weighted by molar-refractivity contribution is 5.61. The fourth-order valence-electron chi connectivity index (χ4n) is 3.67. The van der Waals surface area contributed by atoms with Crippen molar-refractivity contribution in [1.82, 2.24) is 9.88 Å². The van der Waals surface area contributed by atoms with Gasteiger partial charge < -0.3 is 10.6 Å². The Morgan fingerprint density at radius 2 is 1.68 bits per heavy atom. The maximum atomic E-state index is 14.6. The maximum absolute atomic E-state index is 14.6. The minimum atomic E-state index is -0.176. The third kappa shape index (κ3) is 4.31. The second-order valence-electron chi connectivity index (χ2n) is 7.17. The van der Waals surface area contributed by atoms with E-state index in [1.807, 2.05) is 30.3 Å². The third-order valence-electron chi connectivity index (χ3n) is 5.31. The van der Waals surface area contributed by atoms with E-state index in [9.17, 15) is 4.39 Å². The molecule has 3 aromatic rings. The molecular weight excluding hydrogens is 351 g/mol. The van der Waals surface area contributed by atoms with Crippen molar-refractivity contribution in [2.45, 2.75) is 6.42 Å². The topological polar surface area (TPSA) is 45.4 Å². The highest BCUT2D eigenvalue weighted by atomic mass is 19.1. The second kappa shape index (κ2) is 8.40. The van der Waals surface area contributed by atoms with Crippen LogP contribution >= 0.6 is 0 Å². The second-order valence-corrected chi connectivity index (χ2v) is 7.17. The van der Waals surface area contributed by atoms with Crippen molar-refractivity contribution in [1.29, 1.82) is 0 Å². The van der Waals surface area contributed by atoms with Crippen molar-refractivity contribution in [2.75, 3.05) is 43.4 Å². The van der Waals surface area contributed by atoms with E-state index in [0.29, 0.717) is 17.9 Å². The van der Waals surface area contributed by atoms with Gasteiger partial charge in [-0.2, -0.15) is 0 Å². The van der Waals surface area contributed by atoms with Crippen LogP contribution in [0, 0.1) is 5.82 Å². The van der Waals surface area contributed by atoms with E-state index in [1.54, 1.807) is 12.1 Å². The van der Waals surface area contributed by atoms with Gasteiger partial charge in [0.1, 0.15) is 11.6 Å². The molecule has 0 bridgehead atoms. The van der Waals surface area contributed by atoms with Crippen LogP contribution in [-0.4, -0.2) is 42.6 Å². The van der Waals surface area contributed by atoms with Crippen LogP contribution in [0.15, 0.2) is 66.7 Å². The minimum absolute atomic E-state index is 0.176. The molecule has 28 heavy (non-hydrogen) atoms. The Morgan fingerprint density at radius 3 is 2.39 bits per heavy atom. The Kier molecular flexibility index (Phi) is 5.53. The number of para-hydroxylation sites is 1. The monoisotopic (exact) mass is 376 g/mol. The molecule has 0 spiro atoms. The first kappa shape index (κ1) is 18.4. The highest BCUT2D eigenvalue weighted by Crippen LogP contribution is 2.22. The predicted molar refractivity (Wildman–Crippen MR) is 113 cm³/mol. The molecule has 1 aliphatic rings. The summed E-state index contributed by atoms with van der Waals surface area (Å²) in [5.74, 6) is 0.265. The standard InChI is InChI=1S/C23H25FN4/c24-21-17-19(22-7-4-8-23(25)26-22)10-9-18(21)11-12-27-13-15-28(16-14-27)20-5-2-1-3-6-20/h1-10,17H,11-16H2,(H2,25,26). The molecule has 1 fully saturated rings. The fraction of sp³-hybridized carbons (Fsp3) is 0.261. The lowest BCUT2D eigenvalue weighted by Crippen LogP contribution is -2.47. The van der Waals surface area contributed by atoms with Gasteiger partial charge in [-0.15, -0.1) is 0 Å². The normalized spacial score (nSPS) is 15.0. The van der Waals surface area contributed by atoms with E-state index in [1.165, 1.54) is 5.69 Å². The molecule has 0 amide bonds. The first-order valence-electron chi connectivity index (χ1n) is 9.73. The van der Waals surface area contributed by atoms with E-state index in [4.69, 9.17) is 5.73 Å². The summed E-state index contributed by atoms with van der Waals surface area (Å²) in [5.41, 5.74) is 9.20. The van der Waals surface area contributed by atoms with Crippen molar-refractivity contribution in [2.24, 2.45) is 0 Å². The van der Waals surface area contributed by atoms with E-state index in [2.05, 4.69) is 39.0 Å². The summed E-state index contributed by atoms with van der Waals surface area (Å²) in [7, 11) is 0. The third-order valence-corrected chi connectivity index (χ3v) is 5.31. The number of aromatic nitrogens is 1. The molecule has 0 radical (unpaired) electrons. The quantitative estimate of drug-likeness (QED) is 0.735. The van der Waals surface area contributed by atoms with Gasteiger partial charge >= 0.3 is 0 Å². The van der Waals surface area contributed by atoms with Gasteiger partial charge in [0, 0.05) is 44.0 Å². The van der Waals surface area contributed by atoms with Crippen LogP contribution in [0.5, 0.6) is 0 Å². The lowest BCUT2D eigenvalue weighted by molar-refractivity contribution is 0.260. The molecule has 0 atom stereocenters. The highest BCUT2D eigenvalue weighted by Gasteiger charge is 2.17. The van der Waals surface area contributed by atoms with Crippen LogP contribution in [-0.2, 0) is 6.42 Å². The van der Waals surface area contributed by atoms with Crippen LogP contribution in [0.1, 0.15) is 5.56 Å². The van der Waals surface area contributed by atoms with E-state index < -0.39 is 0 Å². The number of nitrogen functional groups attached to an aromatic ring is 1. The fourth-order valence-corrected chi connectivity index (χ4v) is 3.67. The van der Waals surface area contributed by atoms with Gasteiger partial charge in [0.15, 0.2) is 0 Å². The lowest BCUT2D eigenvalue weighted by Gasteiger charge is -2.36. The lowest BCUT2D eigenvalue weighted by atomic mass is 10.1. The summed E-state index contributed by atoms with van der Waals surface area (Å²) in [5, 5.41) is 0. The summed E-state index contributed by atoms with van der Waals surface area (Å²) in [6, 6.07) is 21.3. The summed E-state index contributed by atoms with van der Waals surface area (Å²) >= 11 is 0. The summed E-state index contributed by atoms with van der Waals surface area (Å²) in [4.78, 5) is 9.08. The number of anilines is 2. The molecule has 2 N–H and O–H groups in total. The molecule has 2 aromatic carbocycles. The predicted octanol–water partition coefficient (Wildman–Crippen LogP) is 3.83. The number of piperazine rings is 1. The van der Waals surface area contributed by atoms with Crippen molar-refractivity contribution < 1.29 is 4.39 Å². The molecule has 5 heteroatoms. The maximum Gasteiger partial charge on any atom is 0.127 e. The Labute approximate surface area is 165 Å². The van der Waals surface area contributed by atoms with Gasteiger partial charge in [0.05, 0.1) is 5.69 Å². The first-order chi connectivity index (χ1) is 13.7. The zero-order valence-electron chi connectivity index (χ0n) is 15.9. The Morgan fingerprint density at radius 1 is 0.893 bits per heavy atom. The van der Waals surface area contributed by atoms with Gasteiger partial charge in [-0.05, 0) is 42.3 Å². The number of pyridine rings is 1. The Hall–Kier alpha value is -2.92. The zero-order valence-corrected chi connectivity index (χ0v) is 15.9. The number of benzene rings is 2. The van der Waals surface area contributed by atoms with Crippen LogP contribution in [0.2, 0.25) is 0 Å². The largest absolute Gasteiger partial charge is 0.384 e. The number of rotatable bonds is 5. The molecule has 2 heterocycles. The Balaban J connectivity index is 1.33. The zero-order chi connectivity index (χ0) is 19.3. The molecule has 0 aliphatic carbocycles. The minimum Gasteiger partial charge on any atom is -0.384 e. The number of nitrogens with two attached hydrogens (primary N) is 1. The van der Waals surface area contributed by atoms with Gasteiger partial charge in [-0.3, -0.25) is 4.90 Å². The molecule has 1 aliphatic heterocycles. The molecule has 144 valence electrons. The van der Waals surface area contributed by atoms with E-state index in [0.717, 1.165) is 43.9 Å². The average molecular weight is 376 g/mol.